The molecule has 2 aliphatic rings. The molecule has 0 saturated carbocycles. The maximum absolute atomic E-state index is 3.49. The molecule has 0 aliphatic carbocycles. The van der Waals surface area contributed by atoms with Crippen molar-refractivity contribution in [1.82, 2.24) is 25.8 Å². The van der Waals surface area contributed by atoms with Crippen LogP contribution in [0.25, 0.3) is 0 Å². The van der Waals surface area contributed by atoms with E-state index in [1.54, 1.807) is 0 Å². The number of likely N-dealkylation sites (N-methyl/N-ethyl adjacent to an activating group) is 1. The van der Waals surface area contributed by atoms with Crippen LogP contribution in [0.5, 0.6) is 0 Å². The lowest BCUT2D eigenvalue weighted by atomic mass is 10.5. The Hall–Kier alpha value is -0.200. The number of hydrogen-bond acceptors (Lipinski definition) is 5. The van der Waals surface area contributed by atoms with Crippen LogP contribution in [-0.2, 0) is 0 Å². The van der Waals surface area contributed by atoms with Crippen LogP contribution in [0.4, 0.5) is 0 Å². The average Bonchev–Trinajstić information content (AvgIpc) is 2.76. The molecule has 5 nitrogen and oxygen atoms in total. The predicted molar refractivity (Wildman–Crippen MR) is 51.7 cm³/mol. The molecule has 0 amide bonds. The van der Waals surface area contributed by atoms with Gasteiger partial charge in [-0.05, 0) is 28.1 Å². The van der Waals surface area contributed by atoms with Gasteiger partial charge in [0.05, 0.1) is 18.5 Å². The fraction of sp³-hybridized carbons (Fsp3) is 1.00. The first-order chi connectivity index (χ1) is 6.09. The molecular weight excluding hydrogens is 166 g/mol. The highest BCUT2D eigenvalue weighted by molar-refractivity contribution is 4.99. The number of nitrogens with zero attached hydrogens (tertiary/aromatic N) is 2. The van der Waals surface area contributed by atoms with E-state index in [1.807, 2.05) is 0 Å². The largest absolute Gasteiger partial charge is 0.284 e. The lowest BCUT2D eigenvalue weighted by Gasteiger charge is -2.33. The molecule has 5 heteroatoms. The minimum absolute atomic E-state index is 0.299. The summed E-state index contributed by atoms with van der Waals surface area (Å²) < 4.78 is 0. The van der Waals surface area contributed by atoms with Gasteiger partial charge >= 0.3 is 0 Å². The number of hydrogen-bond donors (Lipinski definition) is 3. The van der Waals surface area contributed by atoms with Crippen LogP contribution in [0.3, 0.4) is 0 Å². The summed E-state index contributed by atoms with van der Waals surface area (Å²) in [5.41, 5.74) is 0. The van der Waals surface area contributed by atoms with Gasteiger partial charge in [-0.2, -0.15) is 0 Å². The number of nitrogens with one attached hydrogen (secondary N) is 3. The fourth-order valence-corrected chi connectivity index (χ4v) is 1.94. The van der Waals surface area contributed by atoms with Crippen LogP contribution in [-0.4, -0.2) is 55.7 Å². The van der Waals surface area contributed by atoms with Crippen molar-refractivity contribution in [2.24, 2.45) is 0 Å². The molecule has 0 bridgehead atoms. The second kappa shape index (κ2) is 3.18. The van der Waals surface area contributed by atoms with E-state index in [2.05, 4.69) is 53.8 Å². The molecule has 2 aliphatic heterocycles. The van der Waals surface area contributed by atoms with Crippen LogP contribution in [0, 0.1) is 0 Å². The van der Waals surface area contributed by atoms with Crippen LogP contribution in [0.2, 0.25) is 0 Å². The van der Waals surface area contributed by atoms with Crippen LogP contribution < -0.4 is 16.0 Å². The summed E-state index contributed by atoms with van der Waals surface area (Å²) >= 11 is 0. The van der Waals surface area contributed by atoms with E-state index in [9.17, 15) is 0 Å². The van der Waals surface area contributed by atoms with Crippen molar-refractivity contribution in [3.63, 3.8) is 0 Å². The SMILES string of the molecule is C[C@@H]1NC2NC2N(C)C(N(C)C)N1. The molecule has 0 spiro atoms. The topological polar surface area (TPSA) is 52.5 Å². The number of rotatable bonds is 1. The van der Waals surface area contributed by atoms with E-state index in [0.29, 0.717) is 24.8 Å². The van der Waals surface area contributed by atoms with Gasteiger partial charge in [-0.3, -0.25) is 25.8 Å². The van der Waals surface area contributed by atoms with Gasteiger partial charge in [0.25, 0.3) is 0 Å². The highest BCUT2D eigenvalue weighted by Gasteiger charge is 2.45. The first-order valence-corrected chi connectivity index (χ1v) is 4.76. The van der Waals surface area contributed by atoms with Crippen molar-refractivity contribution in [2.45, 2.75) is 31.7 Å². The van der Waals surface area contributed by atoms with Gasteiger partial charge in [-0.1, -0.05) is 0 Å². The van der Waals surface area contributed by atoms with Crippen LogP contribution in [0.15, 0.2) is 0 Å². The van der Waals surface area contributed by atoms with Crippen molar-refractivity contribution in [3.05, 3.63) is 0 Å². The maximum atomic E-state index is 3.49. The molecule has 3 unspecified atom stereocenters. The molecule has 2 heterocycles. The molecule has 0 aromatic rings. The Bertz CT molecular complexity index is 195. The lowest BCUT2D eigenvalue weighted by Crippen LogP contribution is -2.57. The third kappa shape index (κ3) is 1.70. The Morgan fingerprint density at radius 3 is 2.46 bits per heavy atom. The molecule has 13 heavy (non-hydrogen) atoms. The molecule has 0 aromatic carbocycles. The quantitative estimate of drug-likeness (QED) is 0.437. The maximum Gasteiger partial charge on any atom is 0.118 e. The van der Waals surface area contributed by atoms with E-state index in [-0.39, 0.29) is 0 Å². The Labute approximate surface area is 79.5 Å². The van der Waals surface area contributed by atoms with E-state index in [4.69, 9.17) is 0 Å². The van der Waals surface area contributed by atoms with E-state index < -0.39 is 0 Å². The summed E-state index contributed by atoms with van der Waals surface area (Å²) in [7, 11) is 6.31. The van der Waals surface area contributed by atoms with Crippen molar-refractivity contribution < 1.29 is 0 Å². The monoisotopic (exact) mass is 185 g/mol. The van der Waals surface area contributed by atoms with Gasteiger partial charge in [0.2, 0.25) is 0 Å². The Balaban J connectivity index is 2.07. The summed E-state index contributed by atoms with van der Waals surface area (Å²) in [4.78, 5) is 4.49. The van der Waals surface area contributed by atoms with Gasteiger partial charge in [-0.25, -0.2) is 0 Å². The van der Waals surface area contributed by atoms with E-state index in [0.717, 1.165) is 0 Å². The van der Waals surface area contributed by atoms with E-state index >= 15 is 0 Å². The zero-order valence-electron chi connectivity index (χ0n) is 8.70. The Kier molecular flexibility index (Phi) is 2.29. The summed E-state index contributed by atoms with van der Waals surface area (Å²) in [5, 5.41) is 10.3. The van der Waals surface area contributed by atoms with Crippen LogP contribution >= 0.6 is 0 Å². The highest BCUT2D eigenvalue weighted by Crippen LogP contribution is 2.18. The molecule has 4 atom stereocenters. The fourth-order valence-electron chi connectivity index (χ4n) is 1.94. The van der Waals surface area contributed by atoms with Crippen molar-refractivity contribution in [2.75, 3.05) is 21.1 Å². The second-order valence-electron chi connectivity index (χ2n) is 4.15. The zero-order valence-corrected chi connectivity index (χ0v) is 8.70. The third-order valence-electron chi connectivity index (χ3n) is 2.70. The average molecular weight is 185 g/mol. The van der Waals surface area contributed by atoms with Gasteiger partial charge in [0, 0.05) is 0 Å². The van der Waals surface area contributed by atoms with Crippen LogP contribution in [0.1, 0.15) is 6.92 Å². The number of fused-ring (bicyclic) bond motifs is 1. The van der Waals surface area contributed by atoms with Gasteiger partial charge in [0.15, 0.2) is 0 Å². The van der Waals surface area contributed by atoms with E-state index in [1.165, 1.54) is 0 Å². The summed E-state index contributed by atoms with van der Waals surface area (Å²) in [6, 6.07) is 0. The Morgan fingerprint density at radius 2 is 1.85 bits per heavy atom. The summed E-state index contributed by atoms with van der Waals surface area (Å²) in [5.74, 6) is 0. The highest BCUT2D eigenvalue weighted by atomic mass is 15.6. The van der Waals surface area contributed by atoms with Crippen molar-refractivity contribution in [3.8, 4) is 0 Å². The van der Waals surface area contributed by atoms with Gasteiger partial charge in [0.1, 0.15) is 6.29 Å². The first-order valence-electron chi connectivity index (χ1n) is 4.76. The smallest absolute Gasteiger partial charge is 0.118 e. The summed E-state index contributed by atoms with van der Waals surface area (Å²) in [6.45, 7) is 2.15. The lowest BCUT2D eigenvalue weighted by molar-refractivity contribution is 0.0630. The third-order valence-corrected chi connectivity index (χ3v) is 2.70. The predicted octanol–water partition coefficient (Wildman–Crippen LogP) is -1.44. The zero-order chi connectivity index (χ0) is 9.59. The molecule has 2 fully saturated rings. The van der Waals surface area contributed by atoms with Gasteiger partial charge < -0.3 is 0 Å². The minimum atomic E-state index is 0.299. The molecular formula is C8H19N5. The normalized spacial score (nSPS) is 45.9. The first kappa shape index (κ1) is 9.36. The Morgan fingerprint density at radius 1 is 1.15 bits per heavy atom. The second-order valence-corrected chi connectivity index (χ2v) is 4.15. The molecule has 3 N–H and O–H groups in total. The van der Waals surface area contributed by atoms with Crippen molar-refractivity contribution in [1.29, 1.82) is 0 Å². The minimum Gasteiger partial charge on any atom is -0.284 e. The summed E-state index contributed by atoms with van der Waals surface area (Å²) in [6.07, 6.45) is 1.58. The molecule has 76 valence electrons. The van der Waals surface area contributed by atoms with Gasteiger partial charge in [-0.15, -0.1) is 0 Å². The molecule has 0 aromatic heterocycles. The standard InChI is InChI=1S/C8H19N5/c1-5-9-6-7(11-6)13(4)8(10-5)12(2)3/h5-11H,1-4H3/t5-,6?,7?,8?/m1/s1. The molecule has 2 saturated heterocycles. The molecule has 2 rings (SSSR count). The molecule has 0 radical (unpaired) electrons. The van der Waals surface area contributed by atoms with Crippen molar-refractivity contribution >= 4 is 0 Å².